The number of aromatic nitrogens is 4. The minimum Gasteiger partial charge on any atom is -0.503 e. The van der Waals surface area contributed by atoms with Gasteiger partial charge in [0, 0.05) is 29.5 Å². The molecule has 6 aromatic rings. The largest absolute Gasteiger partial charge is 2.00 e. The van der Waals surface area contributed by atoms with Crippen LogP contribution in [-0.2, 0) is 21.1 Å². The van der Waals surface area contributed by atoms with Crippen molar-refractivity contribution >= 4 is 27.3 Å². The van der Waals surface area contributed by atoms with Crippen molar-refractivity contribution in [3.8, 4) is 23.1 Å². The number of nitrogens with zero attached hydrogens (tertiary/aromatic N) is 4. The SMILES string of the molecule is Cc1nc2c3[c-]c(Oc4[c-]c(Oc5ccccn5)ccc4)ccc3c3ccccc3n2n1.[Pt+2]. The molecule has 6 nitrogen and oxygen atoms in total. The fourth-order valence-electron chi connectivity index (χ4n) is 3.75. The smallest absolute Gasteiger partial charge is 0.503 e. The quantitative estimate of drug-likeness (QED) is 0.183. The fraction of sp³-hybridized carbons (Fsp3) is 0.0385. The molecule has 0 aliphatic rings. The van der Waals surface area contributed by atoms with Crippen molar-refractivity contribution in [2.24, 2.45) is 0 Å². The molecule has 0 bridgehead atoms. The molecule has 0 aliphatic heterocycles. The van der Waals surface area contributed by atoms with Crippen molar-refractivity contribution in [1.82, 2.24) is 19.6 Å². The summed E-state index contributed by atoms with van der Waals surface area (Å²) in [6.45, 7) is 1.88. The molecule has 162 valence electrons. The Morgan fingerprint density at radius 2 is 1.55 bits per heavy atom. The molecule has 0 saturated carbocycles. The summed E-state index contributed by atoms with van der Waals surface area (Å²) in [5.41, 5.74) is 1.75. The second-order valence-corrected chi connectivity index (χ2v) is 7.27. The summed E-state index contributed by atoms with van der Waals surface area (Å²) in [7, 11) is 0. The van der Waals surface area contributed by atoms with E-state index in [1.54, 1.807) is 18.3 Å². The molecule has 0 unspecified atom stereocenters. The standard InChI is InChI=1S/C26H16N4O2.Pt/c1-17-28-26-23-16-20(12-13-21(23)22-9-2-3-10-24(22)30(26)29-17)31-18-7-6-8-19(15-18)32-25-11-4-5-14-27-25;/h2-14H,1H3;/q-2;+2. The van der Waals surface area contributed by atoms with Crippen molar-refractivity contribution in [2.45, 2.75) is 6.92 Å². The van der Waals surface area contributed by atoms with Crippen LogP contribution in [0.5, 0.6) is 23.1 Å². The minimum absolute atomic E-state index is 0. The molecule has 0 saturated heterocycles. The number of pyridine rings is 2. The number of benzene rings is 3. The van der Waals surface area contributed by atoms with E-state index in [1.165, 1.54) is 0 Å². The van der Waals surface area contributed by atoms with Crippen LogP contribution in [-0.4, -0.2) is 19.6 Å². The predicted molar refractivity (Wildman–Crippen MR) is 121 cm³/mol. The van der Waals surface area contributed by atoms with E-state index in [1.807, 2.05) is 66.0 Å². The van der Waals surface area contributed by atoms with E-state index in [4.69, 9.17) is 9.47 Å². The van der Waals surface area contributed by atoms with Gasteiger partial charge in [0.1, 0.15) is 5.82 Å². The van der Waals surface area contributed by atoms with Crippen LogP contribution in [0.3, 0.4) is 0 Å². The van der Waals surface area contributed by atoms with Gasteiger partial charge in [-0.1, -0.05) is 47.2 Å². The molecule has 0 N–H and O–H groups in total. The monoisotopic (exact) mass is 611 g/mol. The molecule has 0 fully saturated rings. The molecule has 0 aliphatic carbocycles. The minimum atomic E-state index is 0. The van der Waals surface area contributed by atoms with Crippen LogP contribution in [0.2, 0.25) is 0 Å². The van der Waals surface area contributed by atoms with E-state index in [2.05, 4.69) is 33.3 Å². The van der Waals surface area contributed by atoms with Crippen molar-refractivity contribution in [3.05, 3.63) is 97.0 Å². The van der Waals surface area contributed by atoms with Crippen LogP contribution in [0, 0.1) is 19.1 Å². The molecular weight excluding hydrogens is 595 g/mol. The van der Waals surface area contributed by atoms with Gasteiger partial charge in [-0.25, -0.2) is 4.98 Å². The maximum Gasteiger partial charge on any atom is 2.00 e. The first-order valence-corrected chi connectivity index (χ1v) is 10.1. The Labute approximate surface area is 204 Å². The normalized spacial score (nSPS) is 10.9. The van der Waals surface area contributed by atoms with Crippen molar-refractivity contribution in [1.29, 1.82) is 0 Å². The van der Waals surface area contributed by atoms with Crippen LogP contribution >= 0.6 is 0 Å². The Kier molecular flexibility index (Phi) is 5.53. The molecule has 3 aromatic heterocycles. The average molecular weight is 612 g/mol. The van der Waals surface area contributed by atoms with Gasteiger partial charge in [0.15, 0.2) is 0 Å². The number of ether oxygens (including phenoxy) is 2. The van der Waals surface area contributed by atoms with E-state index in [0.717, 1.165) is 27.3 Å². The van der Waals surface area contributed by atoms with Gasteiger partial charge >= 0.3 is 21.1 Å². The summed E-state index contributed by atoms with van der Waals surface area (Å²) >= 11 is 0. The summed E-state index contributed by atoms with van der Waals surface area (Å²) in [6.07, 6.45) is 1.68. The summed E-state index contributed by atoms with van der Waals surface area (Å²) < 4.78 is 13.7. The molecule has 3 heterocycles. The first-order valence-electron chi connectivity index (χ1n) is 10.1. The third-order valence-electron chi connectivity index (χ3n) is 5.09. The van der Waals surface area contributed by atoms with Gasteiger partial charge < -0.3 is 9.47 Å². The number of aryl methyl sites for hydroxylation is 1. The summed E-state index contributed by atoms with van der Waals surface area (Å²) in [6, 6.07) is 29.5. The van der Waals surface area contributed by atoms with Gasteiger partial charge in [-0.2, -0.15) is 11.2 Å². The van der Waals surface area contributed by atoms with E-state index >= 15 is 0 Å². The molecular formula is C26H16N4O2Pt. The summed E-state index contributed by atoms with van der Waals surface area (Å²) in [4.78, 5) is 8.80. The topological polar surface area (TPSA) is 61.5 Å². The molecule has 0 amide bonds. The van der Waals surface area contributed by atoms with Gasteiger partial charge in [0.05, 0.1) is 11.2 Å². The van der Waals surface area contributed by atoms with Crippen LogP contribution in [0.25, 0.3) is 27.3 Å². The zero-order valence-corrected chi connectivity index (χ0v) is 19.7. The summed E-state index contributed by atoms with van der Waals surface area (Å²) in [5, 5.41) is 7.55. The zero-order chi connectivity index (χ0) is 21.5. The first-order chi connectivity index (χ1) is 15.7. The van der Waals surface area contributed by atoms with Gasteiger partial charge in [0.25, 0.3) is 0 Å². The van der Waals surface area contributed by atoms with Gasteiger partial charge in [-0.05, 0) is 24.4 Å². The van der Waals surface area contributed by atoms with Gasteiger partial charge in [-0.15, -0.1) is 24.3 Å². The fourth-order valence-corrected chi connectivity index (χ4v) is 3.75. The van der Waals surface area contributed by atoms with E-state index < -0.39 is 0 Å². The molecule has 6 rings (SSSR count). The predicted octanol–water partition coefficient (Wildman–Crippen LogP) is 5.92. The van der Waals surface area contributed by atoms with Crippen LogP contribution in [0.1, 0.15) is 5.82 Å². The molecule has 33 heavy (non-hydrogen) atoms. The van der Waals surface area contributed by atoms with Crippen LogP contribution in [0.15, 0.2) is 79.0 Å². The zero-order valence-electron chi connectivity index (χ0n) is 17.4. The number of fused-ring (bicyclic) bond motifs is 6. The van der Waals surface area contributed by atoms with E-state index in [9.17, 15) is 0 Å². The molecule has 0 radical (unpaired) electrons. The number of hydrogen-bond acceptors (Lipinski definition) is 5. The second kappa shape index (κ2) is 8.64. The third kappa shape index (κ3) is 3.94. The average Bonchev–Trinajstić information content (AvgIpc) is 3.22. The number of hydrogen-bond donors (Lipinski definition) is 0. The summed E-state index contributed by atoms with van der Waals surface area (Å²) in [5.74, 6) is 2.79. The Morgan fingerprint density at radius 3 is 2.39 bits per heavy atom. The molecule has 0 spiro atoms. The Bertz CT molecular complexity index is 1600. The molecule has 3 aromatic carbocycles. The van der Waals surface area contributed by atoms with Crippen molar-refractivity contribution in [3.63, 3.8) is 0 Å². The molecule has 0 atom stereocenters. The first kappa shape index (κ1) is 21.1. The van der Waals surface area contributed by atoms with Crippen molar-refractivity contribution in [2.75, 3.05) is 0 Å². The van der Waals surface area contributed by atoms with Crippen molar-refractivity contribution < 1.29 is 30.5 Å². The van der Waals surface area contributed by atoms with Crippen LogP contribution in [0.4, 0.5) is 0 Å². The number of rotatable bonds is 4. The Balaban J connectivity index is 0.00000228. The second-order valence-electron chi connectivity index (χ2n) is 7.27. The van der Waals surface area contributed by atoms with E-state index in [-0.39, 0.29) is 21.1 Å². The van der Waals surface area contributed by atoms with Gasteiger partial charge in [-0.3, -0.25) is 9.50 Å². The maximum atomic E-state index is 6.06. The van der Waals surface area contributed by atoms with Gasteiger partial charge in [0.2, 0.25) is 5.88 Å². The maximum absolute atomic E-state index is 6.06. The Hall–Kier alpha value is -3.76. The Morgan fingerprint density at radius 1 is 0.758 bits per heavy atom. The number of para-hydroxylation sites is 1. The van der Waals surface area contributed by atoms with E-state index in [0.29, 0.717) is 29.0 Å². The molecule has 7 heteroatoms. The van der Waals surface area contributed by atoms with Crippen LogP contribution < -0.4 is 9.47 Å². The third-order valence-corrected chi connectivity index (χ3v) is 5.09.